The fraction of sp³-hybridized carbons (Fsp3) is 0.619. The molecule has 0 radical (unpaired) electrons. The lowest BCUT2D eigenvalue weighted by molar-refractivity contribution is -0.122. The molecule has 2 rings (SSSR count). The summed E-state index contributed by atoms with van der Waals surface area (Å²) in [4.78, 5) is 18.8. The number of amides is 1. The van der Waals surface area contributed by atoms with Crippen LogP contribution in [0.3, 0.4) is 0 Å². The van der Waals surface area contributed by atoms with E-state index in [1.165, 1.54) is 0 Å². The van der Waals surface area contributed by atoms with Crippen LogP contribution in [0.5, 0.6) is 5.75 Å². The molecule has 0 saturated carbocycles. The van der Waals surface area contributed by atoms with Crippen molar-refractivity contribution in [2.75, 3.05) is 38.5 Å². The highest BCUT2D eigenvalue weighted by molar-refractivity contribution is 8.00. The van der Waals surface area contributed by atoms with Gasteiger partial charge in [0.2, 0.25) is 0 Å². The SMILES string of the molecule is CCNC(=O)COc1cccc(CN=C(NCC)N2CCSC(C(C)C)C2)c1. The second kappa shape index (κ2) is 11.8. The van der Waals surface area contributed by atoms with E-state index in [2.05, 4.69) is 48.1 Å². The van der Waals surface area contributed by atoms with Gasteiger partial charge >= 0.3 is 0 Å². The summed E-state index contributed by atoms with van der Waals surface area (Å²) in [7, 11) is 0. The van der Waals surface area contributed by atoms with Gasteiger partial charge in [0.05, 0.1) is 6.54 Å². The largest absolute Gasteiger partial charge is 0.484 e. The molecule has 0 spiro atoms. The summed E-state index contributed by atoms with van der Waals surface area (Å²) in [5.41, 5.74) is 1.07. The zero-order valence-electron chi connectivity index (χ0n) is 17.5. The molecular weight excluding hydrogens is 372 g/mol. The van der Waals surface area contributed by atoms with Gasteiger partial charge in [0.25, 0.3) is 5.91 Å². The first-order chi connectivity index (χ1) is 13.5. The average Bonchev–Trinajstić information content (AvgIpc) is 2.70. The molecule has 7 heteroatoms. The minimum atomic E-state index is -0.108. The predicted molar refractivity (Wildman–Crippen MR) is 118 cm³/mol. The van der Waals surface area contributed by atoms with Crippen LogP contribution in [0.2, 0.25) is 0 Å². The van der Waals surface area contributed by atoms with E-state index < -0.39 is 0 Å². The molecule has 6 nitrogen and oxygen atoms in total. The van der Waals surface area contributed by atoms with E-state index in [9.17, 15) is 4.79 Å². The van der Waals surface area contributed by atoms with E-state index in [1.54, 1.807) is 0 Å². The maximum atomic E-state index is 11.6. The second-order valence-corrected chi connectivity index (χ2v) is 8.51. The van der Waals surface area contributed by atoms with E-state index in [4.69, 9.17) is 9.73 Å². The highest BCUT2D eigenvalue weighted by Crippen LogP contribution is 2.25. The lowest BCUT2D eigenvalue weighted by Gasteiger charge is -2.36. The van der Waals surface area contributed by atoms with Crippen molar-refractivity contribution in [1.82, 2.24) is 15.5 Å². The number of thioether (sulfide) groups is 1. The first-order valence-corrected chi connectivity index (χ1v) is 11.2. The molecule has 1 atom stereocenters. The van der Waals surface area contributed by atoms with Crippen molar-refractivity contribution in [2.45, 2.75) is 39.5 Å². The number of benzene rings is 1. The topological polar surface area (TPSA) is 66.0 Å². The van der Waals surface area contributed by atoms with Gasteiger partial charge in [-0.1, -0.05) is 26.0 Å². The molecule has 1 aliphatic heterocycles. The lowest BCUT2D eigenvalue weighted by Crippen LogP contribution is -2.49. The summed E-state index contributed by atoms with van der Waals surface area (Å²) < 4.78 is 5.58. The number of hydrogen-bond donors (Lipinski definition) is 2. The normalized spacial score (nSPS) is 17.5. The third kappa shape index (κ3) is 7.26. The Bertz CT molecular complexity index is 651. The number of carbonyl (C=O) groups is 1. The third-order valence-corrected chi connectivity index (χ3v) is 6.07. The molecule has 1 amide bonds. The Labute approximate surface area is 173 Å². The van der Waals surface area contributed by atoms with Gasteiger partial charge in [-0.25, -0.2) is 4.99 Å². The van der Waals surface area contributed by atoms with Crippen molar-refractivity contribution in [1.29, 1.82) is 0 Å². The number of nitrogens with zero attached hydrogens (tertiary/aromatic N) is 2. The van der Waals surface area contributed by atoms with Gasteiger partial charge < -0.3 is 20.3 Å². The first-order valence-electron chi connectivity index (χ1n) is 10.2. The van der Waals surface area contributed by atoms with Crippen LogP contribution in [0.25, 0.3) is 0 Å². The van der Waals surface area contributed by atoms with Gasteiger partial charge in [-0.15, -0.1) is 0 Å². The van der Waals surface area contributed by atoms with Crippen molar-refractivity contribution in [3.8, 4) is 5.75 Å². The van der Waals surface area contributed by atoms with Gasteiger partial charge in [0.1, 0.15) is 5.75 Å². The molecule has 0 aromatic heterocycles. The molecular formula is C21H34N4O2S. The molecule has 0 bridgehead atoms. The number of aliphatic imine (C=N–C) groups is 1. The van der Waals surface area contributed by atoms with Gasteiger partial charge in [0, 0.05) is 37.2 Å². The minimum absolute atomic E-state index is 0.0330. The standard InChI is InChI=1S/C21H34N4O2S/c1-5-22-20(26)15-27-18-9-7-8-17(12-18)13-24-21(23-6-2)25-10-11-28-19(14-25)16(3)4/h7-9,12,16,19H,5-6,10-11,13-15H2,1-4H3,(H,22,26)(H,23,24). The number of nitrogens with one attached hydrogen (secondary N) is 2. The van der Waals surface area contributed by atoms with Crippen LogP contribution < -0.4 is 15.4 Å². The highest BCUT2D eigenvalue weighted by atomic mass is 32.2. The Hall–Kier alpha value is -1.89. The quantitative estimate of drug-likeness (QED) is 0.513. The Morgan fingerprint density at radius 2 is 2.11 bits per heavy atom. The van der Waals surface area contributed by atoms with E-state index in [0.717, 1.165) is 36.9 Å². The molecule has 1 heterocycles. The Morgan fingerprint density at radius 3 is 2.82 bits per heavy atom. The zero-order valence-corrected chi connectivity index (χ0v) is 18.3. The summed E-state index contributed by atoms with van der Waals surface area (Å²) in [6.07, 6.45) is 0. The average molecular weight is 407 g/mol. The highest BCUT2D eigenvalue weighted by Gasteiger charge is 2.24. The van der Waals surface area contributed by atoms with E-state index in [0.29, 0.717) is 30.0 Å². The second-order valence-electron chi connectivity index (χ2n) is 7.16. The molecule has 0 aliphatic carbocycles. The Kier molecular flexibility index (Phi) is 9.47. The van der Waals surface area contributed by atoms with Gasteiger partial charge in [-0.3, -0.25) is 4.79 Å². The van der Waals surface area contributed by atoms with Crippen molar-refractivity contribution in [3.05, 3.63) is 29.8 Å². The first kappa shape index (κ1) is 22.4. The molecule has 1 aromatic rings. The molecule has 1 aromatic carbocycles. The smallest absolute Gasteiger partial charge is 0.257 e. The van der Waals surface area contributed by atoms with Crippen molar-refractivity contribution < 1.29 is 9.53 Å². The van der Waals surface area contributed by atoms with E-state index >= 15 is 0 Å². The molecule has 1 aliphatic rings. The summed E-state index contributed by atoms with van der Waals surface area (Å²) >= 11 is 2.06. The van der Waals surface area contributed by atoms with E-state index in [-0.39, 0.29) is 12.5 Å². The van der Waals surface area contributed by atoms with E-state index in [1.807, 2.05) is 31.2 Å². The Balaban J connectivity index is 2.00. The van der Waals surface area contributed by atoms with Gasteiger partial charge in [-0.2, -0.15) is 11.8 Å². The fourth-order valence-corrected chi connectivity index (χ4v) is 4.29. The summed E-state index contributed by atoms with van der Waals surface area (Å²) in [5, 5.41) is 6.81. The molecule has 156 valence electrons. The molecule has 2 N–H and O–H groups in total. The minimum Gasteiger partial charge on any atom is -0.484 e. The Morgan fingerprint density at radius 1 is 1.32 bits per heavy atom. The number of guanidine groups is 1. The molecule has 28 heavy (non-hydrogen) atoms. The number of rotatable bonds is 8. The van der Waals surface area contributed by atoms with Crippen LogP contribution in [0.1, 0.15) is 33.3 Å². The van der Waals surface area contributed by atoms with Crippen molar-refractivity contribution >= 4 is 23.6 Å². The zero-order chi connectivity index (χ0) is 20.4. The van der Waals surface area contributed by atoms with Crippen LogP contribution in [0.15, 0.2) is 29.3 Å². The van der Waals surface area contributed by atoms with Gasteiger partial charge in [-0.05, 0) is 37.5 Å². The summed E-state index contributed by atoms with van der Waals surface area (Å²) in [6, 6.07) is 7.80. The summed E-state index contributed by atoms with van der Waals surface area (Å²) in [6.45, 7) is 12.7. The lowest BCUT2D eigenvalue weighted by atomic mass is 10.1. The predicted octanol–water partition coefficient (Wildman–Crippen LogP) is 2.74. The van der Waals surface area contributed by atoms with Crippen LogP contribution in [0, 0.1) is 5.92 Å². The van der Waals surface area contributed by atoms with Crippen LogP contribution >= 0.6 is 11.8 Å². The van der Waals surface area contributed by atoms with Crippen LogP contribution in [0.4, 0.5) is 0 Å². The van der Waals surface area contributed by atoms with Crippen LogP contribution in [-0.4, -0.2) is 60.6 Å². The van der Waals surface area contributed by atoms with Crippen molar-refractivity contribution in [2.24, 2.45) is 10.9 Å². The number of ether oxygens (including phenoxy) is 1. The molecule has 1 saturated heterocycles. The monoisotopic (exact) mass is 406 g/mol. The maximum Gasteiger partial charge on any atom is 0.257 e. The number of likely N-dealkylation sites (N-methyl/N-ethyl adjacent to an activating group) is 1. The maximum absolute atomic E-state index is 11.6. The third-order valence-electron chi connectivity index (χ3n) is 4.53. The van der Waals surface area contributed by atoms with Gasteiger partial charge in [0.15, 0.2) is 12.6 Å². The number of carbonyl (C=O) groups excluding carboxylic acids is 1. The van der Waals surface area contributed by atoms with Crippen LogP contribution in [-0.2, 0) is 11.3 Å². The fourth-order valence-electron chi connectivity index (χ4n) is 2.99. The molecule has 1 fully saturated rings. The van der Waals surface area contributed by atoms with Crippen molar-refractivity contribution in [3.63, 3.8) is 0 Å². The summed E-state index contributed by atoms with van der Waals surface area (Å²) in [5.74, 6) is 3.36. The number of hydrogen-bond acceptors (Lipinski definition) is 4. The molecule has 1 unspecified atom stereocenters.